The van der Waals surface area contributed by atoms with Gasteiger partial charge >= 0.3 is 24.5 Å². The number of carbonyl (C=O) groups is 2. The van der Waals surface area contributed by atoms with Crippen LogP contribution >= 0.6 is 23.2 Å². The quantitative estimate of drug-likeness (QED) is 0.211. The van der Waals surface area contributed by atoms with Gasteiger partial charge < -0.3 is 9.47 Å². The van der Waals surface area contributed by atoms with Crippen LogP contribution in [-0.2, 0) is 12.4 Å². The summed E-state index contributed by atoms with van der Waals surface area (Å²) < 4.78 is 92.5. The number of nitrogens with zero attached hydrogens (tertiary/aromatic N) is 4. The Hall–Kier alpha value is -4.74. The zero-order chi connectivity index (χ0) is 30.8. The summed E-state index contributed by atoms with van der Waals surface area (Å²) in [6, 6.07) is 15.8. The average molecular weight is 629 g/mol. The predicted molar refractivity (Wildman–Crippen MR) is 136 cm³/mol. The molecule has 2 amide bonds. The third-order valence-corrected chi connectivity index (χ3v) is 5.85. The molecule has 0 unspecified atom stereocenters. The molecule has 0 aliphatic rings. The molecule has 0 N–H and O–H groups in total. The number of alkyl halides is 6. The van der Waals surface area contributed by atoms with E-state index in [4.69, 9.17) is 32.7 Å². The number of amides is 2. The van der Waals surface area contributed by atoms with E-state index in [1.807, 2.05) is 0 Å². The first-order valence-corrected chi connectivity index (χ1v) is 12.0. The molecule has 16 heteroatoms. The van der Waals surface area contributed by atoms with E-state index in [0.717, 1.165) is 0 Å². The van der Waals surface area contributed by atoms with Crippen molar-refractivity contribution in [3.63, 3.8) is 0 Å². The Morgan fingerprint density at radius 1 is 0.810 bits per heavy atom. The highest BCUT2D eigenvalue weighted by atomic mass is 35.5. The van der Waals surface area contributed by atoms with Gasteiger partial charge in [-0.25, -0.2) is 14.3 Å². The molecule has 42 heavy (non-hydrogen) atoms. The summed E-state index contributed by atoms with van der Waals surface area (Å²) in [6.07, 6.45) is -13.7. The number of benzene rings is 3. The Labute approximate surface area is 241 Å². The summed E-state index contributed by atoms with van der Waals surface area (Å²) in [6.45, 7) is 0. The van der Waals surface area contributed by atoms with Crippen LogP contribution in [0.4, 0.5) is 41.7 Å². The second kappa shape index (κ2) is 11.6. The lowest BCUT2D eigenvalue weighted by Gasteiger charge is -2.22. The van der Waals surface area contributed by atoms with E-state index in [-0.39, 0.29) is 21.1 Å². The van der Waals surface area contributed by atoms with Crippen LogP contribution in [0.1, 0.15) is 16.8 Å². The minimum atomic E-state index is -5.37. The van der Waals surface area contributed by atoms with E-state index in [1.54, 1.807) is 12.1 Å². The smallest absolute Gasteiger partial charge is 0.410 e. The highest BCUT2D eigenvalue weighted by molar-refractivity contribution is 6.38. The van der Waals surface area contributed by atoms with Crippen molar-refractivity contribution in [1.82, 2.24) is 9.78 Å². The number of para-hydroxylation sites is 2. The van der Waals surface area contributed by atoms with Gasteiger partial charge in [0, 0.05) is 0 Å². The molecule has 0 aliphatic heterocycles. The van der Waals surface area contributed by atoms with Crippen LogP contribution in [0.25, 0.3) is 5.69 Å². The molecule has 0 saturated carbocycles. The third-order valence-electron chi connectivity index (χ3n) is 5.27. The summed E-state index contributed by atoms with van der Waals surface area (Å²) in [5, 5.41) is 11.3. The van der Waals surface area contributed by atoms with Gasteiger partial charge in [-0.05, 0) is 36.4 Å². The molecule has 4 aromatic rings. The molecule has 8 nitrogen and oxygen atoms in total. The Morgan fingerprint density at radius 2 is 1.26 bits per heavy atom. The third kappa shape index (κ3) is 6.27. The minimum Gasteiger partial charge on any atom is -0.410 e. The molecule has 0 aliphatic carbocycles. The molecular formula is C26H12Cl2F6N4O4. The maximum absolute atomic E-state index is 14.0. The molecule has 0 spiro atoms. The van der Waals surface area contributed by atoms with Crippen molar-refractivity contribution in [2.24, 2.45) is 0 Å². The van der Waals surface area contributed by atoms with Gasteiger partial charge in [0.2, 0.25) is 0 Å². The number of rotatable bonds is 4. The summed E-state index contributed by atoms with van der Waals surface area (Å²) in [5.41, 5.74) is -5.50. The summed E-state index contributed by atoms with van der Waals surface area (Å²) >= 11 is 12.1. The first-order chi connectivity index (χ1) is 19.7. The Balaban J connectivity index is 2.01. The van der Waals surface area contributed by atoms with Crippen LogP contribution in [0.15, 0.2) is 72.8 Å². The monoisotopic (exact) mass is 628 g/mol. The Bertz CT molecular complexity index is 1610. The maximum Gasteiger partial charge on any atom is 0.436 e. The fraction of sp³-hybridized carbons (Fsp3) is 0.0769. The van der Waals surface area contributed by atoms with Crippen LogP contribution in [-0.4, -0.2) is 22.0 Å². The normalized spacial score (nSPS) is 11.5. The second-order valence-corrected chi connectivity index (χ2v) is 8.87. The van der Waals surface area contributed by atoms with Crippen LogP contribution in [0.5, 0.6) is 11.5 Å². The number of hydrogen-bond donors (Lipinski definition) is 0. The highest BCUT2D eigenvalue weighted by Gasteiger charge is 2.45. The van der Waals surface area contributed by atoms with Gasteiger partial charge in [0.15, 0.2) is 11.5 Å². The molecular weight excluding hydrogens is 617 g/mol. The first-order valence-electron chi connectivity index (χ1n) is 11.2. The summed E-state index contributed by atoms with van der Waals surface area (Å²) in [5.74, 6) is -1.58. The number of halogens is 8. The molecule has 1 heterocycles. The SMILES string of the molecule is N#Cc1c(C(F)(F)F)nn(-c2c(Cl)cc(C(F)(F)F)cc2Cl)c1N(C(=O)Oc1ccccc1)C(=O)Oc1ccccc1. The van der Waals surface area contributed by atoms with E-state index in [2.05, 4.69) is 5.10 Å². The Morgan fingerprint density at radius 3 is 1.64 bits per heavy atom. The number of aromatic nitrogens is 2. The number of nitriles is 1. The molecule has 0 saturated heterocycles. The van der Waals surface area contributed by atoms with Gasteiger partial charge in [-0.3, -0.25) is 0 Å². The number of imide groups is 1. The fourth-order valence-electron chi connectivity index (χ4n) is 3.52. The number of anilines is 1. The zero-order valence-corrected chi connectivity index (χ0v) is 21.9. The van der Waals surface area contributed by atoms with Crippen molar-refractivity contribution >= 4 is 41.2 Å². The van der Waals surface area contributed by atoms with Gasteiger partial charge in [0.05, 0.1) is 15.6 Å². The first kappa shape index (κ1) is 30.2. The molecule has 3 aromatic carbocycles. The number of ether oxygens (including phenoxy) is 2. The lowest BCUT2D eigenvalue weighted by atomic mass is 10.2. The van der Waals surface area contributed by atoms with Crippen LogP contribution in [0.2, 0.25) is 10.0 Å². The van der Waals surface area contributed by atoms with Gasteiger partial charge in [-0.1, -0.05) is 59.6 Å². The molecule has 0 fully saturated rings. The lowest BCUT2D eigenvalue weighted by molar-refractivity contribution is -0.141. The van der Waals surface area contributed by atoms with Gasteiger partial charge in [0.25, 0.3) is 0 Å². The van der Waals surface area contributed by atoms with Crippen molar-refractivity contribution in [2.75, 3.05) is 4.90 Å². The molecule has 4 rings (SSSR count). The van der Waals surface area contributed by atoms with E-state index in [0.29, 0.717) is 12.1 Å². The second-order valence-electron chi connectivity index (χ2n) is 8.05. The molecule has 216 valence electrons. The van der Waals surface area contributed by atoms with Crippen molar-refractivity contribution in [1.29, 1.82) is 5.26 Å². The van der Waals surface area contributed by atoms with Crippen molar-refractivity contribution < 1.29 is 45.4 Å². The zero-order valence-electron chi connectivity index (χ0n) is 20.4. The molecule has 0 radical (unpaired) electrons. The summed E-state index contributed by atoms with van der Waals surface area (Å²) in [7, 11) is 0. The van der Waals surface area contributed by atoms with E-state index in [9.17, 15) is 41.2 Å². The Kier molecular flexibility index (Phi) is 8.37. The van der Waals surface area contributed by atoms with Crippen LogP contribution in [0.3, 0.4) is 0 Å². The van der Waals surface area contributed by atoms with E-state index < -0.39 is 62.9 Å². The molecule has 1 aromatic heterocycles. The predicted octanol–water partition coefficient (Wildman–Crippen LogP) is 8.29. The number of carbonyl (C=O) groups excluding carboxylic acids is 2. The topological polar surface area (TPSA) is 97.5 Å². The van der Waals surface area contributed by atoms with Gasteiger partial charge in [-0.15, -0.1) is 0 Å². The van der Waals surface area contributed by atoms with Crippen LogP contribution in [0, 0.1) is 11.3 Å². The number of hydrogen-bond acceptors (Lipinski definition) is 6. The maximum atomic E-state index is 14.0. The molecule has 0 atom stereocenters. The van der Waals surface area contributed by atoms with Crippen molar-refractivity contribution in [3.8, 4) is 23.3 Å². The standard InChI is InChI=1S/C26H12Cl2F6N4O4/c27-18-11-14(25(29,30)31)12-19(28)20(18)38-22(17(13-35)21(36-38)26(32,33)34)37(23(39)41-15-7-3-1-4-8-15)24(40)42-16-9-5-2-6-10-16/h1-12H. The van der Waals surface area contributed by atoms with Gasteiger partial charge in [-0.2, -0.15) is 41.6 Å². The van der Waals surface area contributed by atoms with E-state index in [1.165, 1.54) is 54.6 Å². The van der Waals surface area contributed by atoms with Crippen molar-refractivity contribution in [2.45, 2.75) is 12.4 Å². The lowest BCUT2D eigenvalue weighted by Crippen LogP contribution is -2.42. The molecule has 0 bridgehead atoms. The minimum absolute atomic E-state index is 0.0921. The van der Waals surface area contributed by atoms with Crippen molar-refractivity contribution in [3.05, 3.63) is 99.7 Å². The van der Waals surface area contributed by atoms with Crippen LogP contribution < -0.4 is 14.4 Å². The van der Waals surface area contributed by atoms with Gasteiger partial charge in [0.1, 0.15) is 28.8 Å². The summed E-state index contributed by atoms with van der Waals surface area (Å²) in [4.78, 5) is 26.6. The largest absolute Gasteiger partial charge is 0.436 e. The van der Waals surface area contributed by atoms with E-state index >= 15 is 0 Å². The fourth-order valence-corrected chi connectivity index (χ4v) is 4.17. The average Bonchev–Trinajstić information content (AvgIpc) is 3.28. The highest BCUT2D eigenvalue weighted by Crippen LogP contribution is 2.42.